The molecule has 0 saturated carbocycles. The Morgan fingerprint density at radius 3 is 2.92 bits per heavy atom. The van der Waals surface area contributed by atoms with Gasteiger partial charge in [0.05, 0.1) is 17.9 Å². The maximum Gasteiger partial charge on any atom is 0.184 e. The van der Waals surface area contributed by atoms with Crippen LogP contribution in [-0.4, -0.2) is 5.78 Å². The second-order valence-electron chi connectivity index (χ2n) is 2.56. The van der Waals surface area contributed by atoms with Gasteiger partial charge in [-0.05, 0) is 28.4 Å². The average Bonchev–Trinajstić information content (AvgIpc) is 2.53. The minimum atomic E-state index is -0.575. The Balaban J connectivity index is 2.92. The van der Waals surface area contributed by atoms with Gasteiger partial charge >= 0.3 is 0 Å². The van der Waals surface area contributed by atoms with Gasteiger partial charge in [0.2, 0.25) is 0 Å². The van der Waals surface area contributed by atoms with Crippen molar-refractivity contribution in [1.82, 2.24) is 0 Å². The Bertz CT molecular complexity index is 351. The first-order chi connectivity index (χ1) is 6.20. The van der Waals surface area contributed by atoms with Gasteiger partial charge < -0.3 is 4.42 Å². The molecule has 1 aromatic rings. The molecule has 0 aliphatic carbocycles. The van der Waals surface area contributed by atoms with Gasteiger partial charge in [0.15, 0.2) is 10.5 Å². The normalized spacial score (nSPS) is 12.1. The number of Topliss-reactive ketones (excluding diaryl/α,β-unsaturated/α-hetero) is 1. The van der Waals surface area contributed by atoms with Gasteiger partial charge in [0, 0.05) is 0 Å². The van der Waals surface area contributed by atoms with Crippen LogP contribution in [0.15, 0.2) is 21.4 Å². The van der Waals surface area contributed by atoms with Gasteiger partial charge in [-0.1, -0.05) is 6.92 Å². The number of nitriles is 1. The summed E-state index contributed by atoms with van der Waals surface area (Å²) in [6.07, 6.45) is 1.94. The third-order valence-electron chi connectivity index (χ3n) is 1.76. The molecule has 13 heavy (non-hydrogen) atoms. The van der Waals surface area contributed by atoms with E-state index >= 15 is 0 Å². The first-order valence-electron chi connectivity index (χ1n) is 3.87. The highest BCUT2D eigenvalue weighted by Gasteiger charge is 2.21. The summed E-state index contributed by atoms with van der Waals surface area (Å²) < 4.78 is 5.31. The third-order valence-corrected chi connectivity index (χ3v) is 2.38. The number of hydrogen-bond donors (Lipinski definition) is 0. The van der Waals surface area contributed by atoms with E-state index in [2.05, 4.69) is 15.9 Å². The molecule has 1 heterocycles. The summed E-state index contributed by atoms with van der Waals surface area (Å²) in [5.74, 6) is -0.764. The Kier molecular flexibility index (Phi) is 3.26. The summed E-state index contributed by atoms with van der Waals surface area (Å²) in [4.78, 5) is 11.6. The molecule has 1 rings (SSSR count). The molecule has 0 fully saturated rings. The maximum absolute atomic E-state index is 11.6. The van der Waals surface area contributed by atoms with Crippen molar-refractivity contribution in [2.24, 2.45) is 5.92 Å². The van der Waals surface area contributed by atoms with Crippen LogP contribution in [-0.2, 0) is 0 Å². The van der Waals surface area contributed by atoms with Crippen molar-refractivity contribution in [2.45, 2.75) is 13.3 Å². The summed E-state index contributed by atoms with van der Waals surface area (Å²) in [5.41, 5.74) is 0.438. The summed E-state index contributed by atoms with van der Waals surface area (Å²) >= 11 is 3.10. The van der Waals surface area contributed by atoms with Crippen LogP contribution in [0, 0.1) is 17.2 Å². The van der Waals surface area contributed by atoms with Crippen molar-refractivity contribution in [3.8, 4) is 6.07 Å². The van der Waals surface area contributed by atoms with E-state index in [1.165, 1.54) is 6.26 Å². The minimum absolute atomic E-state index is 0.189. The molecule has 0 N–H and O–H groups in total. The monoisotopic (exact) mass is 241 g/mol. The Hall–Kier alpha value is -1.08. The van der Waals surface area contributed by atoms with Gasteiger partial charge in [-0.25, -0.2) is 0 Å². The highest BCUT2D eigenvalue weighted by molar-refractivity contribution is 9.10. The lowest BCUT2D eigenvalue weighted by Gasteiger charge is -2.01. The zero-order valence-corrected chi connectivity index (χ0v) is 8.67. The SMILES string of the molecule is CCC(C#N)C(=O)c1ccoc1Br. The van der Waals surface area contributed by atoms with Crippen molar-refractivity contribution in [3.63, 3.8) is 0 Å². The fourth-order valence-electron chi connectivity index (χ4n) is 0.993. The van der Waals surface area contributed by atoms with Gasteiger partial charge in [-0.2, -0.15) is 5.26 Å². The van der Waals surface area contributed by atoms with Crippen LogP contribution in [0.1, 0.15) is 23.7 Å². The van der Waals surface area contributed by atoms with Crippen molar-refractivity contribution < 1.29 is 9.21 Å². The molecule has 0 aliphatic heterocycles. The summed E-state index contributed by atoms with van der Waals surface area (Å²) in [7, 11) is 0. The van der Waals surface area contributed by atoms with Crippen LogP contribution in [0.2, 0.25) is 0 Å². The van der Waals surface area contributed by atoms with Crippen LogP contribution >= 0.6 is 15.9 Å². The van der Waals surface area contributed by atoms with E-state index in [4.69, 9.17) is 9.68 Å². The lowest BCUT2D eigenvalue weighted by molar-refractivity contribution is 0.0945. The molecule has 0 bridgehead atoms. The van der Waals surface area contributed by atoms with E-state index in [1.54, 1.807) is 13.0 Å². The first-order valence-corrected chi connectivity index (χ1v) is 4.66. The summed E-state index contributed by atoms with van der Waals surface area (Å²) in [5, 5.41) is 8.67. The molecule has 0 spiro atoms. The van der Waals surface area contributed by atoms with Gasteiger partial charge in [0.25, 0.3) is 0 Å². The largest absolute Gasteiger partial charge is 0.457 e. The van der Waals surface area contributed by atoms with Gasteiger partial charge in [-0.3, -0.25) is 4.79 Å². The van der Waals surface area contributed by atoms with E-state index in [1.807, 2.05) is 6.07 Å². The fourth-order valence-corrected chi connectivity index (χ4v) is 1.43. The number of ketones is 1. The van der Waals surface area contributed by atoms with Crippen molar-refractivity contribution in [1.29, 1.82) is 5.26 Å². The second kappa shape index (κ2) is 4.24. The van der Waals surface area contributed by atoms with Gasteiger partial charge in [-0.15, -0.1) is 0 Å². The van der Waals surface area contributed by atoms with Crippen LogP contribution in [0.5, 0.6) is 0 Å². The van der Waals surface area contributed by atoms with E-state index in [-0.39, 0.29) is 5.78 Å². The maximum atomic E-state index is 11.6. The second-order valence-corrected chi connectivity index (χ2v) is 3.28. The predicted octanol–water partition coefficient (Wildman–Crippen LogP) is 2.77. The molecule has 0 aliphatic rings. The lowest BCUT2D eigenvalue weighted by atomic mass is 9.99. The molecule has 1 unspecified atom stereocenters. The molecule has 1 atom stereocenters. The smallest absolute Gasteiger partial charge is 0.184 e. The Morgan fingerprint density at radius 1 is 1.85 bits per heavy atom. The average molecular weight is 242 g/mol. The van der Waals surface area contributed by atoms with Crippen LogP contribution in [0.3, 0.4) is 0 Å². The molecular weight excluding hydrogens is 234 g/mol. The number of nitrogens with zero attached hydrogens (tertiary/aromatic N) is 1. The van der Waals surface area contributed by atoms with Crippen molar-refractivity contribution in [2.75, 3.05) is 0 Å². The molecule has 4 heteroatoms. The molecular formula is C9H8BrNO2. The number of halogens is 1. The standard InChI is InChI=1S/C9H8BrNO2/c1-2-6(5-11)8(12)7-3-4-13-9(7)10/h3-4,6H,2H2,1H3. The quantitative estimate of drug-likeness (QED) is 0.765. The molecule has 1 aromatic heterocycles. The van der Waals surface area contributed by atoms with Crippen LogP contribution < -0.4 is 0 Å². The fraction of sp³-hybridized carbons (Fsp3) is 0.333. The molecule has 68 valence electrons. The third kappa shape index (κ3) is 1.99. The first kappa shape index (κ1) is 10.0. The lowest BCUT2D eigenvalue weighted by Crippen LogP contribution is -2.11. The minimum Gasteiger partial charge on any atom is -0.457 e. The highest BCUT2D eigenvalue weighted by Crippen LogP contribution is 2.21. The molecule has 0 amide bonds. The zero-order valence-electron chi connectivity index (χ0n) is 7.08. The number of rotatable bonds is 3. The summed E-state index contributed by atoms with van der Waals surface area (Å²) in [6.45, 7) is 1.81. The van der Waals surface area contributed by atoms with E-state index in [0.717, 1.165) is 0 Å². The summed E-state index contributed by atoms with van der Waals surface area (Å²) in [6, 6.07) is 3.52. The van der Waals surface area contributed by atoms with E-state index in [0.29, 0.717) is 16.7 Å². The Morgan fingerprint density at radius 2 is 2.54 bits per heavy atom. The molecule has 0 saturated heterocycles. The molecule has 0 radical (unpaired) electrons. The van der Waals surface area contributed by atoms with Crippen LogP contribution in [0.25, 0.3) is 0 Å². The predicted molar refractivity (Wildman–Crippen MR) is 50.1 cm³/mol. The number of carbonyl (C=O) groups is 1. The Labute approximate surface area is 84.5 Å². The highest BCUT2D eigenvalue weighted by atomic mass is 79.9. The number of carbonyl (C=O) groups excluding carboxylic acids is 1. The van der Waals surface area contributed by atoms with E-state index in [9.17, 15) is 4.79 Å². The number of hydrogen-bond acceptors (Lipinski definition) is 3. The van der Waals surface area contributed by atoms with Crippen LogP contribution in [0.4, 0.5) is 0 Å². The molecule has 3 nitrogen and oxygen atoms in total. The zero-order chi connectivity index (χ0) is 9.84. The molecule has 0 aromatic carbocycles. The van der Waals surface area contributed by atoms with Gasteiger partial charge in [0.1, 0.15) is 5.92 Å². The topological polar surface area (TPSA) is 54.0 Å². The van der Waals surface area contributed by atoms with E-state index < -0.39 is 5.92 Å². The van der Waals surface area contributed by atoms with Crippen molar-refractivity contribution >= 4 is 21.7 Å². The van der Waals surface area contributed by atoms with Crippen molar-refractivity contribution in [3.05, 3.63) is 22.6 Å². The number of furan rings is 1.